The topological polar surface area (TPSA) is 274 Å². The number of carboxylic acid groups (broad SMARTS) is 1. The van der Waals surface area contributed by atoms with Crippen molar-refractivity contribution in [2.75, 3.05) is 112 Å². The number of esters is 1. The predicted octanol–water partition coefficient (Wildman–Crippen LogP) is 8.47. The van der Waals surface area contributed by atoms with Crippen LogP contribution in [0.2, 0.25) is 0 Å². The zero-order valence-corrected chi connectivity index (χ0v) is 51.4. The minimum atomic E-state index is -0.749. The molecule has 5 amide bonds. The monoisotopic (exact) mass is 1200 g/mol. The average molecular weight is 1200 g/mol. The Labute approximate surface area is 505 Å². The summed E-state index contributed by atoms with van der Waals surface area (Å²) in [5.74, 6) is -1.79. The van der Waals surface area contributed by atoms with Gasteiger partial charge in [-0.05, 0) is 75.1 Å². The summed E-state index contributed by atoms with van der Waals surface area (Å²) < 4.78 is 44.1. The first-order chi connectivity index (χ1) is 41.2. The molecule has 21 heteroatoms. The van der Waals surface area contributed by atoms with Crippen molar-refractivity contribution in [1.29, 1.82) is 0 Å². The number of ether oxygens (including phenoxy) is 8. The number of carbonyl (C=O) groups excluding carboxylic acids is 6. The highest BCUT2D eigenvalue weighted by molar-refractivity contribution is 5.84. The molecule has 21 nitrogen and oxygen atoms in total. The number of alkyl carbamates (subject to hydrolysis) is 1. The molecule has 0 saturated carbocycles. The maximum absolute atomic E-state index is 13.0. The zero-order valence-electron chi connectivity index (χ0n) is 51.4. The highest BCUT2D eigenvalue weighted by atomic mass is 16.6. The van der Waals surface area contributed by atoms with Gasteiger partial charge >= 0.3 is 18.0 Å². The van der Waals surface area contributed by atoms with Crippen LogP contribution < -0.4 is 26.6 Å². The first-order valence-electron chi connectivity index (χ1n) is 31.3. The number of aliphatic carboxylic acids is 1. The third kappa shape index (κ3) is 38.1. The fourth-order valence-electron chi connectivity index (χ4n) is 9.40. The number of hydrogen-bond donors (Lipinski definition) is 6. The van der Waals surface area contributed by atoms with E-state index >= 15 is 0 Å². The summed E-state index contributed by atoms with van der Waals surface area (Å²) in [5, 5.41) is 22.7. The summed E-state index contributed by atoms with van der Waals surface area (Å²) in [6.07, 6.45) is 17.8. The molecule has 0 aromatic heterocycles. The van der Waals surface area contributed by atoms with Crippen molar-refractivity contribution in [3.05, 3.63) is 59.7 Å². The zero-order chi connectivity index (χ0) is 61.4. The number of unbranched alkanes of at least 4 members (excludes halogenated alkanes) is 14. The molecule has 85 heavy (non-hydrogen) atoms. The summed E-state index contributed by atoms with van der Waals surface area (Å²) in [5.41, 5.74) is 3.97. The Morgan fingerprint density at radius 2 is 0.824 bits per heavy atom. The fourth-order valence-corrected chi connectivity index (χ4v) is 9.40. The SMILES string of the molecule is CC(C)(C)OC(=O)[C@H](CCCCNC(=O)CCOCCOCCNC(=O)CCOCCOCCNC(=O)CCOCCOCCNC(=O)OCC1c2ccccc2-c2ccccc21)NC(=O)CCCCCCCCCCCCCCCCC(=O)O. The molecule has 0 spiro atoms. The second-order valence-corrected chi connectivity index (χ2v) is 22.2. The van der Waals surface area contributed by atoms with E-state index in [1.807, 2.05) is 24.3 Å². The highest BCUT2D eigenvalue weighted by Crippen LogP contribution is 2.44. The minimum Gasteiger partial charge on any atom is -0.481 e. The molecule has 0 fully saturated rings. The van der Waals surface area contributed by atoms with Crippen molar-refractivity contribution < 1.29 is 76.6 Å². The molecule has 2 aromatic carbocycles. The molecule has 1 atom stereocenters. The molecule has 3 rings (SSSR count). The Morgan fingerprint density at radius 3 is 1.26 bits per heavy atom. The Kier molecular flexibility index (Phi) is 41.0. The van der Waals surface area contributed by atoms with Gasteiger partial charge in [0, 0.05) is 64.2 Å². The van der Waals surface area contributed by atoms with Crippen molar-refractivity contribution >= 4 is 41.7 Å². The van der Waals surface area contributed by atoms with Crippen LogP contribution in [0.3, 0.4) is 0 Å². The van der Waals surface area contributed by atoms with Crippen LogP contribution in [0.4, 0.5) is 4.79 Å². The van der Waals surface area contributed by atoms with E-state index in [0.717, 1.165) is 56.1 Å². The number of carboxylic acids is 1. The molecule has 2 aromatic rings. The van der Waals surface area contributed by atoms with Gasteiger partial charge in [-0.25, -0.2) is 9.59 Å². The lowest BCUT2D eigenvalue weighted by Gasteiger charge is -2.24. The van der Waals surface area contributed by atoms with E-state index in [2.05, 4.69) is 50.8 Å². The Hall–Kier alpha value is -5.71. The summed E-state index contributed by atoms with van der Waals surface area (Å²) in [7, 11) is 0. The molecular formula is C64H103N5O16. The second-order valence-electron chi connectivity index (χ2n) is 22.2. The van der Waals surface area contributed by atoms with E-state index in [0.29, 0.717) is 111 Å². The quantitative estimate of drug-likeness (QED) is 0.0268. The van der Waals surface area contributed by atoms with E-state index in [1.54, 1.807) is 20.8 Å². The first-order valence-corrected chi connectivity index (χ1v) is 31.3. The molecule has 0 unspecified atom stereocenters. The Morgan fingerprint density at radius 1 is 0.435 bits per heavy atom. The highest BCUT2D eigenvalue weighted by Gasteiger charge is 2.29. The van der Waals surface area contributed by atoms with Crippen LogP contribution >= 0.6 is 0 Å². The van der Waals surface area contributed by atoms with Gasteiger partial charge < -0.3 is 69.6 Å². The molecule has 0 heterocycles. The summed E-state index contributed by atoms with van der Waals surface area (Å²) in [4.78, 5) is 85.2. The minimum absolute atomic E-state index is 0.00189. The Bertz CT molecular complexity index is 2130. The molecule has 0 aliphatic heterocycles. The maximum Gasteiger partial charge on any atom is 0.407 e. The van der Waals surface area contributed by atoms with Gasteiger partial charge in [-0.3, -0.25) is 24.0 Å². The lowest BCUT2D eigenvalue weighted by atomic mass is 9.98. The van der Waals surface area contributed by atoms with Crippen molar-refractivity contribution in [1.82, 2.24) is 26.6 Å². The van der Waals surface area contributed by atoms with Crippen molar-refractivity contribution in [2.24, 2.45) is 0 Å². The van der Waals surface area contributed by atoms with Crippen LogP contribution in [0.1, 0.15) is 179 Å². The van der Waals surface area contributed by atoms with Gasteiger partial charge in [0.05, 0.1) is 79.3 Å². The van der Waals surface area contributed by atoms with Crippen LogP contribution in [0, 0.1) is 0 Å². The first kappa shape index (κ1) is 73.5. The van der Waals surface area contributed by atoms with Gasteiger partial charge in [-0.15, -0.1) is 0 Å². The summed E-state index contributed by atoms with van der Waals surface area (Å²) in [6, 6.07) is 15.6. The van der Waals surface area contributed by atoms with Gasteiger partial charge in [0.25, 0.3) is 0 Å². The number of carbonyl (C=O) groups is 7. The normalized spacial score (nSPS) is 12.2. The van der Waals surface area contributed by atoms with Crippen molar-refractivity contribution in [3.63, 3.8) is 0 Å². The van der Waals surface area contributed by atoms with Gasteiger partial charge in [-0.2, -0.15) is 0 Å². The number of hydrogen-bond acceptors (Lipinski definition) is 15. The Balaban J connectivity index is 1.02. The molecule has 1 aliphatic rings. The van der Waals surface area contributed by atoms with Crippen LogP contribution in [-0.4, -0.2) is 170 Å². The van der Waals surface area contributed by atoms with Crippen LogP contribution in [0.15, 0.2) is 48.5 Å². The smallest absolute Gasteiger partial charge is 0.407 e. The fraction of sp³-hybridized carbons (Fsp3) is 0.703. The molecule has 0 radical (unpaired) electrons. The lowest BCUT2D eigenvalue weighted by molar-refractivity contribution is -0.159. The second kappa shape index (κ2) is 47.4. The number of nitrogens with one attached hydrogen (secondary N) is 5. The molecular weight excluding hydrogens is 1090 g/mol. The van der Waals surface area contributed by atoms with Crippen LogP contribution in [0.25, 0.3) is 11.1 Å². The number of benzene rings is 2. The van der Waals surface area contributed by atoms with Crippen molar-refractivity contribution in [3.8, 4) is 11.1 Å². The van der Waals surface area contributed by atoms with Crippen LogP contribution in [-0.2, 0) is 66.7 Å². The molecule has 6 N–H and O–H groups in total. The number of fused-ring (bicyclic) bond motifs is 3. The molecule has 480 valence electrons. The van der Waals surface area contributed by atoms with E-state index in [4.69, 9.17) is 43.0 Å². The number of amides is 5. The average Bonchev–Trinajstić information content (AvgIpc) is 3.39. The largest absolute Gasteiger partial charge is 0.481 e. The van der Waals surface area contributed by atoms with E-state index in [-0.39, 0.29) is 81.7 Å². The maximum atomic E-state index is 13.0. The van der Waals surface area contributed by atoms with E-state index < -0.39 is 29.7 Å². The van der Waals surface area contributed by atoms with Crippen LogP contribution in [0.5, 0.6) is 0 Å². The van der Waals surface area contributed by atoms with Gasteiger partial charge in [0.1, 0.15) is 18.2 Å². The summed E-state index contributed by atoms with van der Waals surface area (Å²) >= 11 is 0. The van der Waals surface area contributed by atoms with Gasteiger partial charge in [0.15, 0.2) is 0 Å². The van der Waals surface area contributed by atoms with Gasteiger partial charge in [-0.1, -0.05) is 126 Å². The van der Waals surface area contributed by atoms with Gasteiger partial charge in [0.2, 0.25) is 23.6 Å². The van der Waals surface area contributed by atoms with E-state index in [1.165, 1.54) is 56.1 Å². The standard InChI is InChI=1S/C64H103N5O16/c1-64(2,3)85-62(76)56(69-60(73)29-16-14-12-10-8-6-4-5-7-9-11-13-15-17-30-61(74)75)28-22-23-34-65-57(70)31-38-78-44-47-81-41-35-66-58(71)32-39-79-45-48-82-42-36-67-59(72)33-40-80-46-49-83-43-37-68-63(77)84-50-55-53-26-20-18-24-51(53)52-25-19-21-27-54(52)55/h18-21,24-27,55-56H,4-17,22-23,28-50H2,1-3H3,(H,65,70)(H,66,71)(H,67,72)(H,68,77)(H,69,73)(H,74,75)/t56-/m0/s1. The third-order valence-corrected chi connectivity index (χ3v) is 13.8. The lowest BCUT2D eigenvalue weighted by Crippen LogP contribution is -2.44. The molecule has 0 bridgehead atoms. The number of rotatable bonds is 53. The van der Waals surface area contributed by atoms with Crippen molar-refractivity contribution in [2.45, 2.75) is 180 Å². The van der Waals surface area contributed by atoms with E-state index in [9.17, 15) is 33.6 Å². The predicted molar refractivity (Wildman–Crippen MR) is 324 cm³/mol. The molecule has 1 aliphatic carbocycles. The molecule has 0 saturated heterocycles. The summed E-state index contributed by atoms with van der Waals surface area (Å²) in [6.45, 7) is 10.5. The third-order valence-electron chi connectivity index (χ3n) is 13.8.